The summed E-state index contributed by atoms with van der Waals surface area (Å²) in [5.41, 5.74) is 0.869. The van der Waals surface area contributed by atoms with Gasteiger partial charge >= 0.3 is 6.01 Å². The molecule has 4 rings (SSSR count). The third-order valence-electron chi connectivity index (χ3n) is 6.47. The number of piperidine rings is 2. The topological polar surface area (TPSA) is 83.7 Å². The molecule has 2 aliphatic heterocycles. The quantitative estimate of drug-likeness (QED) is 0.727. The summed E-state index contributed by atoms with van der Waals surface area (Å²) in [7, 11) is 1.64. The van der Waals surface area contributed by atoms with Gasteiger partial charge in [-0.15, -0.1) is 0 Å². The Kier molecular flexibility index (Phi) is 7.06. The number of likely N-dealkylation sites (tertiary alicyclic amines) is 1. The molecule has 1 aromatic heterocycles. The van der Waals surface area contributed by atoms with Crippen molar-refractivity contribution in [1.29, 1.82) is 0 Å². The van der Waals surface area contributed by atoms with Gasteiger partial charge in [-0.2, -0.15) is 4.98 Å². The molecule has 0 unspecified atom stereocenters. The fourth-order valence-corrected chi connectivity index (χ4v) is 4.52. The van der Waals surface area contributed by atoms with Crippen LogP contribution in [0.25, 0.3) is 11.4 Å². The molecule has 2 fully saturated rings. The highest BCUT2D eigenvalue weighted by Gasteiger charge is 2.29. The molecule has 2 aromatic rings. The molecule has 2 atom stereocenters. The molecule has 0 bridgehead atoms. The number of hydrogen-bond donors (Lipinski definition) is 1. The van der Waals surface area contributed by atoms with E-state index in [-0.39, 0.29) is 11.8 Å². The molecule has 2 aliphatic rings. The highest BCUT2D eigenvalue weighted by Crippen LogP contribution is 2.26. The second-order valence-corrected chi connectivity index (χ2v) is 8.59. The number of ether oxygens (including phenoxy) is 1. The number of benzene rings is 1. The van der Waals surface area contributed by atoms with Crippen LogP contribution in [-0.2, 0) is 4.79 Å². The van der Waals surface area contributed by atoms with Crippen LogP contribution in [0.4, 0.5) is 6.01 Å². The molecular formula is C23H33N5O3. The summed E-state index contributed by atoms with van der Waals surface area (Å²) in [5, 5.41) is 7.27. The molecule has 1 aromatic carbocycles. The van der Waals surface area contributed by atoms with Crippen LogP contribution >= 0.6 is 0 Å². The number of carbonyl (C=O) groups is 1. The van der Waals surface area contributed by atoms with Crippen molar-refractivity contribution in [2.75, 3.05) is 44.7 Å². The first-order valence-electron chi connectivity index (χ1n) is 11.4. The summed E-state index contributed by atoms with van der Waals surface area (Å²) in [6.45, 7) is 6.49. The lowest BCUT2D eigenvalue weighted by atomic mass is 9.97. The lowest BCUT2D eigenvalue weighted by molar-refractivity contribution is -0.125. The summed E-state index contributed by atoms with van der Waals surface area (Å²) >= 11 is 0. The Labute approximate surface area is 183 Å². The van der Waals surface area contributed by atoms with Crippen molar-refractivity contribution in [2.45, 2.75) is 45.1 Å². The van der Waals surface area contributed by atoms with Crippen LogP contribution in [0.15, 0.2) is 28.8 Å². The summed E-state index contributed by atoms with van der Waals surface area (Å²) in [6, 6.07) is 8.65. The van der Waals surface area contributed by atoms with Gasteiger partial charge in [0.25, 0.3) is 0 Å². The molecule has 0 radical (unpaired) electrons. The minimum Gasteiger partial charge on any atom is -0.497 e. The van der Waals surface area contributed by atoms with E-state index in [2.05, 4.69) is 27.3 Å². The molecule has 0 spiro atoms. The number of nitrogens with one attached hydrogen (secondary N) is 1. The number of carbonyl (C=O) groups excluding carboxylic acids is 1. The maximum atomic E-state index is 12.8. The van der Waals surface area contributed by atoms with Gasteiger partial charge in [0.2, 0.25) is 11.7 Å². The molecular weight excluding hydrogens is 394 g/mol. The highest BCUT2D eigenvalue weighted by molar-refractivity contribution is 5.79. The van der Waals surface area contributed by atoms with E-state index < -0.39 is 0 Å². The largest absolute Gasteiger partial charge is 0.497 e. The van der Waals surface area contributed by atoms with E-state index in [4.69, 9.17) is 9.26 Å². The highest BCUT2D eigenvalue weighted by atomic mass is 16.5. The SMILES string of the molecule is COc1ccc(-c2noc(N3CCC[C@H](C(=O)NCCN4CCCC[C@H]4C)C3)n2)cc1. The summed E-state index contributed by atoms with van der Waals surface area (Å²) in [5.74, 6) is 1.40. The van der Waals surface area contributed by atoms with E-state index in [1.165, 1.54) is 19.3 Å². The van der Waals surface area contributed by atoms with Gasteiger partial charge in [-0.05, 0) is 63.4 Å². The van der Waals surface area contributed by atoms with Crippen molar-refractivity contribution in [1.82, 2.24) is 20.4 Å². The van der Waals surface area contributed by atoms with E-state index in [9.17, 15) is 4.79 Å². The second-order valence-electron chi connectivity index (χ2n) is 8.59. The number of rotatable bonds is 7. The number of nitrogens with zero attached hydrogens (tertiary/aromatic N) is 4. The van der Waals surface area contributed by atoms with Gasteiger partial charge in [-0.1, -0.05) is 11.6 Å². The van der Waals surface area contributed by atoms with Crippen LogP contribution in [0.2, 0.25) is 0 Å². The third-order valence-corrected chi connectivity index (χ3v) is 6.47. The van der Waals surface area contributed by atoms with Gasteiger partial charge < -0.3 is 19.5 Å². The lowest BCUT2D eigenvalue weighted by Gasteiger charge is -2.34. The zero-order valence-electron chi connectivity index (χ0n) is 18.5. The molecule has 8 nitrogen and oxygen atoms in total. The standard InChI is InChI=1S/C23H33N5O3/c1-17-6-3-4-13-27(17)15-12-24-22(29)19-7-5-14-28(16-19)23-25-21(26-31-23)18-8-10-20(30-2)11-9-18/h8-11,17,19H,3-7,12-16H2,1-2H3,(H,24,29)/t17-,19+/m1/s1. The number of hydrogen-bond acceptors (Lipinski definition) is 7. The molecule has 0 saturated carbocycles. The predicted molar refractivity (Wildman–Crippen MR) is 119 cm³/mol. The Hall–Kier alpha value is -2.61. The Morgan fingerprint density at radius 2 is 2.03 bits per heavy atom. The lowest BCUT2D eigenvalue weighted by Crippen LogP contribution is -2.46. The molecule has 0 aliphatic carbocycles. The number of anilines is 1. The fraction of sp³-hybridized carbons (Fsp3) is 0.609. The second kappa shape index (κ2) is 10.1. The average Bonchev–Trinajstić information content (AvgIpc) is 3.31. The minimum atomic E-state index is -0.0520. The van der Waals surface area contributed by atoms with Crippen LogP contribution in [0.5, 0.6) is 5.75 Å². The maximum absolute atomic E-state index is 12.8. The summed E-state index contributed by atoms with van der Waals surface area (Å²) in [4.78, 5) is 21.8. The van der Waals surface area contributed by atoms with Crippen molar-refractivity contribution < 1.29 is 14.1 Å². The van der Waals surface area contributed by atoms with Crippen molar-refractivity contribution >= 4 is 11.9 Å². The Bertz CT molecular complexity index is 853. The van der Waals surface area contributed by atoms with Gasteiger partial charge in [0.15, 0.2) is 0 Å². The van der Waals surface area contributed by atoms with Crippen molar-refractivity contribution in [3.63, 3.8) is 0 Å². The van der Waals surface area contributed by atoms with Crippen LogP contribution < -0.4 is 15.0 Å². The Morgan fingerprint density at radius 3 is 2.81 bits per heavy atom. The Balaban J connectivity index is 1.29. The predicted octanol–water partition coefficient (Wildman–Crippen LogP) is 2.95. The third kappa shape index (κ3) is 5.36. The smallest absolute Gasteiger partial charge is 0.324 e. The van der Waals surface area contributed by atoms with E-state index in [1.807, 2.05) is 29.2 Å². The van der Waals surface area contributed by atoms with Gasteiger partial charge in [-0.25, -0.2) is 0 Å². The van der Waals surface area contributed by atoms with Crippen LogP contribution in [0.1, 0.15) is 39.0 Å². The van der Waals surface area contributed by atoms with Gasteiger partial charge in [-0.3, -0.25) is 9.69 Å². The van der Waals surface area contributed by atoms with Crippen molar-refractivity contribution in [2.24, 2.45) is 5.92 Å². The first-order valence-corrected chi connectivity index (χ1v) is 11.4. The van der Waals surface area contributed by atoms with E-state index >= 15 is 0 Å². The van der Waals surface area contributed by atoms with Gasteiger partial charge in [0.1, 0.15) is 5.75 Å². The van der Waals surface area contributed by atoms with Gasteiger partial charge in [0, 0.05) is 37.8 Å². The van der Waals surface area contributed by atoms with E-state index in [0.29, 0.717) is 31.0 Å². The van der Waals surface area contributed by atoms with E-state index in [1.54, 1.807) is 7.11 Å². The molecule has 31 heavy (non-hydrogen) atoms. The molecule has 168 valence electrons. The number of aromatic nitrogens is 2. The fourth-order valence-electron chi connectivity index (χ4n) is 4.52. The molecule has 1 amide bonds. The molecule has 8 heteroatoms. The summed E-state index contributed by atoms with van der Waals surface area (Å²) in [6.07, 6.45) is 5.66. The van der Waals surface area contributed by atoms with Gasteiger partial charge in [0.05, 0.1) is 13.0 Å². The monoisotopic (exact) mass is 427 g/mol. The van der Waals surface area contributed by atoms with Crippen molar-refractivity contribution in [3.8, 4) is 17.1 Å². The first-order chi connectivity index (χ1) is 15.1. The molecule has 3 heterocycles. The number of amides is 1. The first kappa shape index (κ1) is 21.6. The normalized spacial score (nSPS) is 22.3. The molecule has 1 N–H and O–H groups in total. The summed E-state index contributed by atoms with van der Waals surface area (Å²) < 4.78 is 10.7. The zero-order valence-corrected chi connectivity index (χ0v) is 18.5. The Morgan fingerprint density at radius 1 is 1.19 bits per heavy atom. The average molecular weight is 428 g/mol. The zero-order chi connectivity index (χ0) is 21.6. The maximum Gasteiger partial charge on any atom is 0.324 e. The van der Waals surface area contributed by atoms with Crippen molar-refractivity contribution in [3.05, 3.63) is 24.3 Å². The number of methoxy groups -OCH3 is 1. The van der Waals surface area contributed by atoms with Crippen LogP contribution in [0, 0.1) is 5.92 Å². The van der Waals surface area contributed by atoms with E-state index in [0.717, 1.165) is 43.8 Å². The minimum absolute atomic E-state index is 0.0520. The van der Waals surface area contributed by atoms with Crippen LogP contribution in [-0.4, -0.2) is 66.8 Å². The van der Waals surface area contributed by atoms with Crippen LogP contribution in [0.3, 0.4) is 0 Å². The molecule has 2 saturated heterocycles.